The molecule has 2 saturated heterocycles. The van der Waals surface area contributed by atoms with Crippen LogP contribution >= 0.6 is 11.6 Å². The number of non-ortho nitro benzene ring substituents is 1. The molecule has 2 fully saturated rings. The Morgan fingerprint density at radius 3 is 2.12 bits per heavy atom. The molecule has 10 heteroatoms. The predicted molar refractivity (Wildman–Crippen MR) is 146 cm³/mol. The number of ketones is 2. The van der Waals surface area contributed by atoms with Gasteiger partial charge in [0, 0.05) is 40.1 Å². The van der Waals surface area contributed by atoms with E-state index in [1.807, 2.05) is 0 Å². The van der Waals surface area contributed by atoms with Crippen LogP contribution in [0.5, 0.6) is 0 Å². The number of nitro benzene ring substituents is 1. The number of amides is 2. The van der Waals surface area contributed by atoms with E-state index in [9.17, 15) is 29.3 Å². The Morgan fingerprint density at radius 2 is 1.48 bits per heavy atom. The summed E-state index contributed by atoms with van der Waals surface area (Å²) in [5, 5.41) is 11.6. The number of allylic oxidation sites excluding steroid dienone is 2. The van der Waals surface area contributed by atoms with Crippen LogP contribution in [-0.4, -0.2) is 45.3 Å². The second-order valence-electron chi connectivity index (χ2n) is 9.72. The zero-order valence-electron chi connectivity index (χ0n) is 20.7. The SMILES string of the molecule is O=C(C1=C[C@@H]2[C@H]3C(=O)N(c4ccc([N+](=O)[O-])cc4)C(=O)[C@H]3[C@@H](C(=O)c3ccc(Cl)cc3)N2C=C1)c1ccccc1. The van der Waals surface area contributed by atoms with E-state index in [1.165, 1.54) is 24.3 Å². The molecule has 0 aromatic heterocycles. The molecule has 0 bridgehead atoms. The van der Waals surface area contributed by atoms with Gasteiger partial charge in [0.25, 0.3) is 5.69 Å². The van der Waals surface area contributed by atoms with Crippen molar-refractivity contribution in [2.45, 2.75) is 12.1 Å². The summed E-state index contributed by atoms with van der Waals surface area (Å²) in [4.78, 5) is 68.0. The summed E-state index contributed by atoms with van der Waals surface area (Å²) in [5.74, 6) is -3.72. The first-order chi connectivity index (χ1) is 19.3. The van der Waals surface area contributed by atoms with Gasteiger partial charge in [-0.15, -0.1) is 0 Å². The van der Waals surface area contributed by atoms with Crippen molar-refractivity contribution >= 4 is 46.4 Å². The number of anilines is 1. The number of halogens is 1. The van der Waals surface area contributed by atoms with Crippen LogP contribution in [0.4, 0.5) is 11.4 Å². The fourth-order valence-corrected chi connectivity index (χ4v) is 5.84. The van der Waals surface area contributed by atoms with E-state index in [0.29, 0.717) is 21.7 Å². The third-order valence-electron chi connectivity index (χ3n) is 7.56. The van der Waals surface area contributed by atoms with Gasteiger partial charge in [0.05, 0.1) is 28.5 Å². The van der Waals surface area contributed by atoms with Crippen LogP contribution < -0.4 is 4.90 Å². The number of hydrogen-bond donors (Lipinski definition) is 0. The summed E-state index contributed by atoms with van der Waals surface area (Å²) in [6, 6.07) is 18.3. The van der Waals surface area contributed by atoms with Crippen molar-refractivity contribution < 1.29 is 24.1 Å². The van der Waals surface area contributed by atoms with Crippen LogP contribution in [0.15, 0.2) is 103 Å². The Kier molecular flexibility index (Phi) is 6.15. The lowest BCUT2D eigenvalue weighted by Crippen LogP contribution is -2.46. The van der Waals surface area contributed by atoms with Crippen LogP contribution in [0.3, 0.4) is 0 Å². The minimum Gasteiger partial charge on any atom is -0.359 e. The normalized spacial score (nSPS) is 23.1. The first kappa shape index (κ1) is 25.4. The number of nitrogens with zero attached hydrogens (tertiary/aromatic N) is 3. The van der Waals surface area contributed by atoms with E-state index in [4.69, 9.17) is 11.6 Å². The minimum absolute atomic E-state index is 0.176. The van der Waals surface area contributed by atoms with Crippen LogP contribution in [0, 0.1) is 22.0 Å². The highest BCUT2D eigenvalue weighted by atomic mass is 35.5. The van der Waals surface area contributed by atoms with Crippen molar-refractivity contribution in [3.8, 4) is 0 Å². The number of hydrogen-bond acceptors (Lipinski definition) is 7. The van der Waals surface area contributed by atoms with Crippen molar-refractivity contribution in [3.63, 3.8) is 0 Å². The molecule has 6 rings (SSSR count). The number of fused-ring (bicyclic) bond motifs is 3. The molecule has 3 aromatic rings. The molecule has 0 radical (unpaired) electrons. The molecule has 0 saturated carbocycles. The number of imide groups is 1. The zero-order valence-corrected chi connectivity index (χ0v) is 21.5. The van der Waals surface area contributed by atoms with Crippen molar-refractivity contribution in [1.29, 1.82) is 0 Å². The van der Waals surface area contributed by atoms with Crippen LogP contribution in [-0.2, 0) is 9.59 Å². The summed E-state index contributed by atoms with van der Waals surface area (Å²) in [6.07, 6.45) is 4.85. The van der Waals surface area contributed by atoms with Crippen LogP contribution in [0.1, 0.15) is 20.7 Å². The summed E-state index contributed by atoms with van der Waals surface area (Å²) >= 11 is 6.01. The highest BCUT2D eigenvalue weighted by Gasteiger charge is 2.63. The topological polar surface area (TPSA) is 118 Å². The molecule has 2 amide bonds. The second-order valence-corrected chi connectivity index (χ2v) is 10.2. The van der Waals surface area contributed by atoms with Crippen molar-refractivity contribution in [2.24, 2.45) is 11.8 Å². The maximum Gasteiger partial charge on any atom is 0.269 e. The Balaban J connectivity index is 1.42. The molecule has 40 heavy (non-hydrogen) atoms. The standard InChI is InChI=1S/C30H20ClN3O6/c31-20-8-6-18(7-9-20)28(36)26-25-24(29(37)33(30(25)38)21-10-12-22(13-11-21)34(39)40)23-16-19(14-15-32(23)26)27(35)17-4-2-1-3-5-17/h1-16,23-26H/t23-,24-,25-,26+/m1/s1. The number of carbonyl (C=O) groups excluding carboxylic acids is 4. The van der Waals surface area contributed by atoms with Gasteiger partial charge in [0.15, 0.2) is 11.6 Å². The van der Waals surface area contributed by atoms with Crippen LogP contribution in [0.2, 0.25) is 5.02 Å². The lowest BCUT2D eigenvalue weighted by molar-refractivity contribution is -0.384. The summed E-state index contributed by atoms with van der Waals surface area (Å²) in [6.45, 7) is 0. The van der Waals surface area contributed by atoms with E-state index in [-0.39, 0.29) is 22.9 Å². The molecular formula is C30H20ClN3O6. The molecule has 3 aliphatic heterocycles. The summed E-state index contributed by atoms with van der Waals surface area (Å²) in [7, 11) is 0. The average molecular weight is 554 g/mol. The molecule has 3 aromatic carbocycles. The maximum absolute atomic E-state index is 13.9. The van der Waals surface area contributed by atoms with Crippen molar-refractivity contribution in [2.75, 3.05) is 4.90 Å². The Morgan fingerprint density at radius 1 is 0.825 bits per heavy atom. The first-order valence-electron chi connectivity index (χ1n) is 12.5. The number of nitro groups is 1. The van der Waals surface area contributed by atoms with Gasteiger partial charge >= 0.3 is 0 Å². The van der Waals surface area contributed by atoms with Gasteiger partial charge in [-0.05, 0) is 42.5 Å². The molecule has 0 unspecified atom stereocenters. The maximum atomic E-state index is 13.9. The highest BCUT2D eigenvalue weighted by molar-refractivity contribution is 6.30. The molecule has 0 spiro atoms. The average Bonchev–Trinajstić information content (AvgIpc) is 3.44. The Labute approximate surface area is 233 Å². The molecule has 9 nitrogen and oxygen atoms in total. The van der Waals surface area contributed by atoms with E-state index >= 15 is 0 Å². The highest BCUT2D eigenvalue weighted by Crippen LogP contribution is 2.47. The largest absolute Gasteiger partial charge is 0.359 e. The smallest absolute Gasteiger partial charge is 0.269 e. The molecule has 198 valence electrons. The second kappa shape index (κ2) is 9.69. The number of carbonyl (C=O) groups is 4. The number of Topliss-reactive ketones (excluding diaryl/α,β-unsaturated/α-hetero) is 2. The van der Waals surface area contributed by atoms with E-state index in [2.05, 4.69) is 0 Å². The quantitative estimate of drug-likeness (QED) is 0.189. The van der Waals surface area contributed by atoms with Gasteiger partial charge in [-0.2, -0.15) is 0 Å². The number of benzene rings is 3. The fourth-order valence-electron chi connectivity index (χ4n) is 5.72. The van der Waals surface area contributed by atoms with Gasteiger partial charge in [-0.25, -0.2) is 4.90 Å². The first-order valence-corrected chi connectivity index (χ1v) is 12.8. The van der Waals surface area contributed by atoms with E-state index < -0.39 is 40.7 Å². The van der Waals surface area contributed by atoms with Crippen molar-refractivity contribution in [3.05, 3.63) is 129 Å². The van der Waals surface area contributed by atoms with Gasteiger partial charge in [-0.1, -0.05) is 48.0 Å². The predicted octanol–water partition coefficient (Wildman–Crippen LogP) is 4.63. The van der Waals surface area contributed by atoms with Gasteiger partial charge in [0.2, 0.25) is 11.8 Å². The monoisotopic (exact) mass is 553 g/mol. The number of rotatable bonds is 6. The fraction of sp³-hybridized carbons (Fsp3) is 0.133. The molecule has 3 heterocycles. The third-order valence-corrected chi connectivity index (χ3v) is 7.81. The van der Waals surface area contributed by atoms with Crippen molar-refractivity contribution in [1.82, 2.24) is 4.90 Å². The minimum atomic E-state index is -1.04. The molecule has 0 aliphatic carbocycles. The van der Waals surface area contributed by atoms with E-state index in [0.717, 1.165) is 4.90 Å². The third kappa shape index (κ3) is 4.02. The molecule has 0 N–H and O–H groups in total. The summed E-state index contributed by atoms with van der Waals surface area (Å²) < 4.78 is 0. The lowest BCUT2D eigenvalue weighted by Gasteiger charge is -2.32. The van der Waals surface area contributed by atoms with Gasteiger partial charge in [0.1, 0.15) is 6.04 Å². The summed E-state index contributed by atoms with van der Waals surface area (Å²) in [5.41, 5.74) is 1.13. The zero-order chi connectivity index (χ0) is 28.1. The molecular weight excluding hydrogens is 534 g/mol. The van der Waals surface area contributed by atoms with Gasteiger partial charge < -0.3 is 4.90 Å². The van der Waals surface area contributed by atoms with Gasteiger partial charge in [-0.3, -0.25) is 29.3 Å². The molecule has 4 atom stereocenters. The molecule has 3 aliphatic rings. The Bertz CT molecular complexity index is 1630. The Hall–Kier alpha value is -4.89. The van der Waals surface area contributed by atoms with E-state index in [1.54, 1.807) is 77.8 Å². The lowest BCUT2D eigenvalue weighted by atomic mass is 9.85. The van der Waals surface area contributed by atoms with Crippen LogP contribution in [0.25, 0.3) is 0 Å².